The summed E-state index contributed by atoms with van der Waals surface area (Å²) < 4.78 is 5.56. The number of hydrogen-bond acceptors (Lipinski definition) is 5. The van der Waals surface area contributed by atoms with E-state index in [0.29, 0.717) is 12.8 Å². The van der Waals surface area contributed by atoms with Gasteiger partial charge in [-0.05, 0) is 35.6 Å². The van der Waals surface area contributed by atoms with Gasteiger partial charge in [-0.3, -0.25) is 4.79 Å². The van der Waals surface area contributed by atoms with Gasteiger partial charge in [0.15, 0.2) is 0 Å². The van der Waals surface area contributed by atoms with E-state index < -0.39 is 0 Å². The molecule has 4 rings (SSSR count). The number of hydrogen-bond donors (Lipinski definition) is 4. The van der Waals surface area contributed by atoms with Crippen LogP contribution in [0.25, 0.3) is 0 Å². The maximum Gasteiger partial charge on any atom is 0.238 e. The number of aliphatic hydroxyl groups is 1. The molecule has 6 heteroatoms. The van der Waals surface area contributed by atoms with E-state index in [1.54, 1.807) is 0 Å². The summed E-state index contributed by atoms with van der Waals surface area (Å²) in [5, 5.41) is 12.6. The minimum atomic E-state index is -0.329. The lowest BCUT2D eigenvalue weighted by Gasteiger charge is -2.19. The SMILES string of the molecule is O=C(N[C@@H](CO)Cc1ccccc1)C1CC(c2ccc3c(c2)CCO3)NN1. The van der Waals surface area contributed by atoms with Crippen molar-refractivity contribution in [2.24, 2.45) is 0 Å². The smallest absolute Gasteiger partial charge is 0.238 e. The fourth-order valence-electron chi connectivity index (χ4n) is 3.73. The number of aliphatic hydroxyl groups excluding tert-OH is 1. The molecule has 2 aliphatic heterocycles. The Balaban J connectivity index is 1.34. The van der Waals surface area contributed by atoms with Crippen LogP contribution in [0.2, 0.25) is 0 Å². The third kappa shape index (κ3) is 4.13. The van der Waals surface area contributed by atoms with Crippen molar-refractivity contribution in [3.8, 4) is 5.75 Å². The summed E-state index contributed by atoms with van der Waals surface area (Å²) in [6.45, 7) is 0.652. The van der Waals surface area contributed by atoms with Crippen molar-refractivity contribution < 1.29 is 14.6 Å². The maximum atomic E-state index is 12.6. The van der Waals surface area contributed by atoms with Crippen molar-refractivity contribution in [1.82, 2.24) is 16.2 Å². The number of fused-ring (bicyclic) bond motifs is 1. The van der Waals surface area contributed by atoms with Gasteiger partial charge in [0.05, 0.1) is 19.3 Å². The number of carbonyl (C=O) groups excluding carboxylic acids is 1. The molecular weight excluding hydrogens is 342 g/mol. The van der Waals surface area contributed by atoms with E-state index in [-0.39, 0.29) is 30.6 Å². The molecule has 0 aromatic heterocycles. The van der Waals surface area contributed by atoms with Crippen LogP contribution >= 0.6 is 0 Å². The molecule has 2 aromatic carbocycles. The van der Waals surface area contributed by atoms with E-state index in [1.807, 2.05) is 36.4 Å². The molecule has 1 amide bonds. The van der Waals surface area contributed by atoms with Gasteiger partial charge in [-0.1, -0.05) is 42.5 Å². The average Bonchev–Trinajstić information content (AvgIpc) is 3.37. The Bertz CT molecular complexity index is 797. The highest BCUT2D eigenvalue weighted by atomic mass is 16.5. The van der Waals surface area contributed by atoms with E-state index in [9.17, 15) is 9.90 Å². The summed E-state index contributed by atoms with van der Waals surface area (Å²) in [5.41, 5.74) is 9.79. The van der Waals surface area contributed by atoms with Crippen LogP contribution in [0, 0.1) is 0 Å². The second-order valence-corrected chi connectivity index (χ2v) is 7.17. The minimum absolute atomic E-state index is 0.0772. The normalized spacial score (nSPS) is 22.1. The summed E-state index contributed by atoms with van der Waals surface area (Å²) in [6.07, 6.45) is 2.21. The van der Waals surface area contributed by atoms with Gasteiger partial charge in [-0.15, -0.1) is 0 Å². The summed E-state index contributed by atoms with van der Waals surface area (Å²) in [7, 11) is 0. The van der Waals surface area contributed by atoms with Crippen LogP contribution in [0.5, 0.6) is 5.75 Å². The van der Waals surface area contributed by atoms with Crippen LogP contribution in [0.1, 0.15) is 29.2 Å². The van der Waals surface area contributed by atoms with Gasteiger partial charge in [0.25, 0.3) is 0 Å². The van der Waals surface area contributed by atoms with E-state index in [4.69, 9.17) is 4.74 Å². The van der Waals surface area contributed by atoms with E-state index in [2.05, 4.69) is 28.3 Å². The van der Waals surface area contributed by atoms with Crippen LogP contribution < -0.4 is 20.9 Å². The number of amides is 1. The summed E-state index contributed by atoms with van der Waals surface area (Å²) in [6, 6.07) is 15.5. The molecule has 2 unspecified atom stereocenters. The molecule has 2 aliphatic rings. The number of ether oxygens (including phenoxy) is 1. The third-order valence-corrected chi connectivity index (χ3v) is 5.23. The van der Waals surface area contributed by atoms with Crippen LogP contribution in [0.4, 0.5) is 0 Å². The molecule has 142 valence electrons. The fraction of sp³-hybridized carbons (Fsp3) is 0.381. The predicted octanol–water partition coefficient (Wildman–Crippen LogP) is 1.25. The second kappa shape index (κ2) is 8.08. The largest absolute Gasteiger partial charge is 0.493 e. The molecule has 2 heterocycles. The standard InChI is InChI=1S/C21H25N3O3/c25-13-17(10-14-4-2-1-3-5-14)22-21(26)19-12-18(23-24-19)15-6-7-20-16(11-15)8-9-27-20/h1-7,11,17-19,23-25H,8-10,12-13H2,(H,22,26)/t17-,18?,19?/m1/s1. The van der Waals surface area contributed by atoms with Crippen LogP contribution in [-0.4, -0.2) is 36.3 Å². The molecule has 0 bridgehead atoms. The van der Waals surface area contributed by atoms with Gasteiger partial charge in [-0.2, -0.15) is 0 Å². The van der Waals surface area contributed by atoms with Gasteiger partial charge >= 0.3 is 0 Å². The molecular formula is C21H25N3O3. The van der Waals surface area contributed by atoms with Crippen molar-refractivity contribution in [1.29, 1.82) is 0 Å². The van der Waals surface area contributed by atoms with Crippen molar-refractivity contribution in [2.45, 2.75) is 37.4 Å². The molecule has 1 saturated heterocycles. The van der Waals surface area contributed by atoms with Crippen LogP contribution in [0.3, 0.4) is 0 Å². The Morgan fingerprint density at radius 1 is 1.22 bits per heavy atom. The lowest BCUT2D eigenvalue weighted by Crippen LogP contribution is -2.48. The van der Waals surface area contributed by atoms with Gasteiger partial charge < -0.3 is 15.2 Å². The Morgan fingerprint density at radius 2 is 2.07 bits per heavy atom. The van der Waals surface area contributed by atoms with Crippen molar-refractivity contribution in [3.63, 3.8) is 0 Å². The van der Waals surface area contributed by atoms with Crippen LogP contribution in [-0.2, 0) is 17.6 Å². The second-order valence-electron chi connectivity index (χ2n) is 7.17. The van der Waals surface area contributed by atoms with Crippen molar-refractivity contribution in [2.75, 3.05) is 13.2 Å². The van der Waals surface area contributed by atoms with E-state index in [0.717, 1.165) is 29.9 Å². The van der Waals surface area contributed by atoms with Crippen LogP contribution in [0.15, 0.2) is 48.5 Å². The third-order valence-electron chi connectivity index (χ3n) is 5.23. The quantitative estimate of drug-likeness (QED) is 0.618. The Kier molecular flexibility index (Phi) is 5.38. The zero-order chi connectivity index (χ0) is 18.6. The first-order chi connectivity index (χ1) is 13.2. The highest BCUT2D eigenvalue weighted by molar-refractivity contribution is 5.82. The number of hydrazine groups is 1. The molecule has 3 atom stereocenters. The Morgan fingerprint density at radius 3 is 2.89 bits per heavy atom. The fourth-order valence-corrected chi connectivity index (χ4v) is 3.73. The van der Waals surface area contributed by atoms with Crippen molar-refractivity contribution in [3.05, 3.63) is 65.2 Å². The van der Waals surface area contributed by atoms with E-state index >= 15 is 0 Å². The zero-order valence-corrected chi connectivity index (χ0v) is 15.2. The maximum absolute atomic E-state index is 12.6. The summed E-state index contributed by atoms with van der Waals surface area (Å²) in [4.78, 5) is 12.6. The topological polar surface area (TPSA) is 82.6 Å². The molecule has 0 aliphatic carbocycles. The monoisotopic (exact) mass is 367 g/mol. The van der Waals surface area contributed by atoms with Gasteiger partial charge in [0, 0.05) is 12.5 Å². The lowest BCUT2D eigenvalue weighted by atomic mass is 9.98. The van der Waals surface area contributed by atoms with E-state index in [1.165, 1.54) is 5.56 Å². The number of rotatable bonds is 6. The summed E-state index contributed by atoms with van der Waals surface area (Å²) in [5.74, 6) is 0.871. The minimum Gasteiger partial charge on any atom is -0.493 e. The predicted molar refractivity (Wildman–Crippen MR) is 102 cm³/mol. The molecule has 27 heavy (non-hydrogen) atoms. The Hall–Kier alpha value is -2.41. The zero-order valence-electron chi connectivity index (χ0n) is 15.2. The van der Waals surface area contributed by atoms with Gasteiger partial charge in [0.1, 0.15) is 11.8 Å². The first kappa shape index (κ1) is 18.0. The molecule has 0 spiro atoms. The van der Waals surface area contributed by atoms with Gasteiger partial charge in [-0.25, -0.2) is 10.9 Å². The van der Waals surface area contributed by atoms with Crippen molar-refractivity contribution >= 4 is 5.91 Å². The molecule has 0 saturated carbocycles. The van der Waals surface area contributed by atoms with Gasteiger partial charge in [0.2, 0.25) is 5.91 Å². The summed E-state index contributed by atoms with van der Waals surface area (Å²) >= 11 is 0. The number of carbonyl (C=O) groups is 1. The molecule has 0 radical (unpaired) electrons. The highest BCUT2D eigenvalue weighted by Gasteiger charge is 2.31. The average molecular weight is 367 g/mol. The molecule has 2 aromatic rings. The molecule has 6 nitrogen and oxygen atoms in total. The first-order valence-electron chi connectivity index (χ1n) is 9.45. The first-order valence-corrected chi connectivity index (χ1v) is 9.45. The highest BCUT2D eigenvalue weighted by Crippen LogP contribution is 2.30. The Labute approximate surface area is 158 Å². The molecule has 4 N–H and O–H groups in total. The number of nitrogens with one attached hydrogen (secondary N) is 3. The molecule has 1 fully saturated rings. The number of benzene rings is 2. The lowest BCUT2D eigenvalue weighted by molar-refractivity contribution is -0.123.